The Labute approximate surface area is 347 Å². The van der Waals surface area contributed by atoms with E-state index in [4.69, 9.17) is 45.9 Å². The van der Waals surface area contributed by atoms with Gasteiger partial charge in [-0.2, -0.15) is 0 Å². The van der Waals surface area contributed by atoms with Gasteiger partial charge in [-0.3, -0.25) is 4.90 Å². The van der Waals surface area contributed by atoms with Gasteiger partial charge in [0.25, 0.3) is 0 Å². The third kappa shape index (κ3) is 44.5. The summed E-state index contributed by atoms with van der Waals surface area (Å²) < 4.78 is 0. The van der Waals surface area contributed by atoms with Crippen LogP contribution in [-0.4, -0.2) is 190 Å². The predicted octanol–water partition coefficient (Wildman–Crippen LogP) is -0.529. The summed E-state index contributed by atoms with van der Waals surface area (Å²) in [6.45, 7) is 26.8. The van der Waals surface area contributed by atoms with Crippen molar-refractivity contribution in [3.63, 3.8) is 0 Å². The van der Waals surface area contributed by atoms with E-state index in [-0.39, 0.29) is 0 Å². The van der Waals surface area contributed by atoms with Crippen LogP contribution in [0.4, 0.5) is 0 Å². The van der Waals surface area contributed by atoms with E-state index in [9.17, 15) is 0 Å². The molecule has 15 nitrogen and oxygen atoms in total. The molecular formula is C41H101N15. The lowest BCUT2D eigenvalue weighted by atomic mass is 10.2. The molecule has 2 saturated heterocycles. The van der Waals surface area contributed by atoms with Crippen LogP contribution in [0.25, 0.3) is 0 Å². The van der Waals surface area contributed by atoms with E-state index in [0.29, 0.717) is 0 Å². The third-order valence-electron chi connectivity index (χ3n) is 10.1. The van der Waals surface area contributed by atoms with E-state index in [1.165, 1.54) is 129 Å². The van der Waals surface area contributed by atoms with Crippen LogP contribution in [0.3, 0.4) is 0 Å². The zero-order valence-electron chi connectivity index (χ0n) is 36.9. The Morgan fingerprint density at radius 2 is 0.732 bits per heavy atom. The second-order valence-electron chi connectivity index (χ2n) is 15.2. The first-order chi connectivity index (χ1) is 27.6. The molecule has 2 aliphatic rings. The van der Waals surface area contributed by atoms with Crippen LogP contribution < -0.4 is 61.8 Å². The molecule has 2 aliphatic heterocycles. The van der Waals surface area contributed by atoms with Crippen LogP contribution in [-0.2, 0) is 0 Å². The fourth-order valence-electron chi connectivity index (χ4n) is 6.62. The van der Waals surface area contributed by atoms with Gasteiger partial charge >= 0.3 is 0 Å². The molecule has 0 aromatic heterocycles. The van der Waals surface area contributed by atoms with Crippen molar-refractivity contribution >= 4 is 0 Å². The first-order valence-corrected chi connectivity index (χ1v) is 23.2. The lowest BCUT2D eigenvalue weighted by Gasteiger charge is -2.34. The van der Waals surface area contributed by atoms with Crippen LogP contribution >= 0.6 is 0 Å². The highest BCUT2D eigenvalue weighted by Gasteiger charge is 2.15. The quantitative estimate of drug-likeness (QED) is 0.0366. The van der Waals surface area contributed by atoms with Crippen molar-refractivity contribution in [3.05, 3.63) is 0 Å². The number of nitrogens with one attached hydrogen (secondary N) is 3. The molecule has 0 bridgehead atoms. The van der Waals surface area contributed by atoms with E-state index in [0.717, 1.165) is 137 Å². The molecule has 2 fully saturated rings. The maximum atomic E-state index is 5.54. The molecule has 0 saturated carbocycles. The Bertz CT molecular complexity index is 661. The van der Waals surface area contributed by atoms with Crippen molar-refractivity contribution in [3.8, 4) is 0 Å². The van der Waals surface area contributed by atoms with Gasteiger partial charge in [0.05, 0.1) is 0 Å². The number of piperazine rings is 2. The fraction of sp³-hybridized carbons (Fsp3) is 1.00. The third-order valence-corrected chi connectivity index (χ3v) is 10.1. The van der Waals surface area contributed by atoms with Gasteiger partial charge in [-0.05, 0) is 130 Å². The minimum absolute atomic E-state index is 0.719. The lowest BCUT2D eigenvalue weighted by Crippen LogP contribution is -2.47. The minimum atomic E-state index is 0.719. The zero-order chi connectivity index (χ0) is 41.4. The monoisotopic (exact) mass is 804 g/mol. The number of nitrogens with two attached hydrogens (primary N) is 8. The molecule has 56 heavy (non-hydrogen) atoms. The van der Waals surface area contributed by atoms with Crippen LogP contribution in [0, 0.1) is 0 Å². The first-order valence-electron chi connectivity index (χ1n) is 23.2. The average Bonchev–Trinajstić information content (AvgIpc) is 3.22. The SMILES string of the molecule is NCCCCCN(CCN)CCN.NCCCCCN1CCN(CCN)CC1.NCCCCCNCCCCCN.NCCNCCCCCN1CCNCC1. The Kier molecular flexibility index (Phi) is 51.9. The summed E-state index contributed by atoms with van der Waals surface area (Å²) in [5, 5.41) is 10.1. The number of rotatable bonds is 34. The standard InChI is InChI=1S/2C11H26N4.C10H25N3.C9H24N4/c12-4-6-13-5-2-1-3-9-15-10-7-14-8-11-15;12-4-2-1-3-6-14-8-10-15(7-5-13)11-9-14;11-7-3-1-5-9-13-10-6-2-4-8-12;10-4-2-1-3-7-13(8-5-11)9-6-12/h13-14H,1-12H2;1-13H2;13H,1-12H2;1-12H2. The molecule has 19 N–H and O–H groups in total. The lowest BCUT2D eigenvalue weighted by molar-refractivity contribution is 0.133. The highest BCUT2D eigenvalue weighted by Crippen LogP contribution is 2.04. The fourth-order valence-corrected chi connectivity index (χ4v) is 6.62. The van der Waals surface area contributed by atoms with Crippen molar-refractivity contribution in [2.45, 2.75) is 96.3 Å². The maximum absolute atomic E-state index is 5.54. The van der Waals surface area contributed by atoms with Gasteiger partial charge in [0.2, 0.25) is 0 Å². The molecule has 0 unspecified atom stereocenters. The molecule has 0 atom stereocenters. The Hall–Kier alpha value is -0.600. The summed E-state index contributed by atoms with van der Waals surface area (Å²) in [6, 6.07) is 0. The molecule has 2 rings (SSSR count). The highest BCUT2D eigenvalue weighted by atomic mass is 15.3. The van der Waals surface area contributed by atoms with Crippen molar-refractivity contribution in [2.24, 2.45) is 45.9 Å². The second kappa shape index (κ2) is 50.5. The number of nitrogens with zero attached hydrogens (tertiary/aromatic N) is 4. The Morgan fingerprint density at radius 3 is 1.16 bits per heavy atom. The molecule has 0 aliphatic carbocycles. The van der Waals surface area contributed by atoms with Gasteiger partial charge in [-0.1, -0.05) is 32.1 Å². The van der Waals surface area contributed by atoms with E-state index in [1.54, 1.807) is 0 Å². The van der Waals surface area contributed by atoms with E-state index in [2.05, 4.69) is 35.6 Å². The summed E-state index contributed by atoms with van der Waals surface area (Å²) >= 11 is 0. The van der Waals surface area contributed by atoms with Crippen molar-refractivity contribution in [2.75, 3.05) is 170 Å². The number of unbranched alkanes of at least 4 members (excludes halogenated alkanes) is 10. The molecule has 0 aromatic rings. The average molecular weight is 804 g/mol. The molecule has 2 heterocycles. The second-order valence-corrected chi connectivity index (χ2v) is 15.2. The Morgan fingerprint density at radius 1 is 0.339 bits per heavy atom. The maximum Gasteiger partial charge on any atom is 0.0110 e. The van der Waals surface area contributed by atoms with E-state index >= 15 is 0 Å². The van der Waals surface area contributed by atoms with E-state index in [1.807, 2.05) is 0 Å². The molecular weight excluding hydrogens is 703 g/mol. The molecule has 340 valence electrons. The largest absolute Gasteiger partial charge is 0.330 e. The van der Waals surface area contributed by atoms with Gasteiger partial charge in [-0.15, -0.1) is 0 Å². The summed E-state index contributed by atoms with van der Waals surface area (Å²) in [5.74, 6) is 0. The summed E-state index contributed by atoms with van der Waals surface area (Å²) in [6.07, 6.45) is 18.6. The van der Waals surface area contributed by atoms with Crippen LogP contribution in [0.15, 0.2) is 0 Å². The predicted molar refractivity (Wildman–Crippen MR) is 246 cm³/mol. The van der Waals surface area contributed by atoms with E-state index < -0.39 is 0 Å². The van der Waals surface area contributed by atoms with Gasteiger partial charge < -0.3 is 76.5 Å². The number of hydrogen-bond donors (Lipinski definition) is 11. The van der Waals surface area contributed by atoms with Crippen LogP contribution in [0.1, 0.15) is 96.3 Å². The smallest absolute Gasteiger partial charge is 0.0110 e. The van der Waals surface area contributed by atoms with Crippen molar-refractivity contribution in [1.29, 1.82) is 0 Å². The zero-order valence-corrected chi connectivity index (χ0v) is 36.9. The topological polar surface area (TPSA) is 257 Å². The number of hydrogen-bond acceptors (Lipinski definition) is 15. The molecule has 0 spiro atoms. The molecule has 0 radical (unpaired) electrons. The van der Waals surface area contributed by atoms with Gasteiger partial charge in [0.15, 0.2) is 0 Å². The normalized spacial score (nSPS) is 15.2. The summed E-state index contributed by atoms with van der Waals surface area (Å²) in [5.41, 5.74) is 43.6. The minimum Gasteiger partial charge on any atom is -0.330 e. The van der Waals surface area contributed by atoms with Gasteiger partial charge in [-0.25, -0.2) is 0 Å². The summed E-state index contributed by atoms with van der Waals surface area (Å²) in [7, 11) is 0. The first kappa shape index (κ1) is 57.5. The molecule has 15 heteroatoms. The summed E-state index contributed by atoms with van der Waals surface area (Å²) in [4.78, 5) is 9.89. The Balaban J connectivity index is 0. The highest BCUT2D eigenvalue weighted by molar-refractivity contribution is 4.72. The van der Waals surface area contributed by atoms with Crippen molar-refractivity contribution < 1.29 is 0 Å². The molecule has 0 aromatic carbocycles. The van der Waals surface area contributed by atoms with Gasteiger partial charge in [0.1, 0.15) is 0 Å². The van der Waals surface area contributed by atoms with Crippen LogP contribution in [0.5, 0.6) is 0 Å². The molecule has 0 amide bonds. The van der Waals surface area contributed by atoms with Crippen LogP contribution in [0.2, 0.25) is 0 Å². The van der Waals surface area contributed by atoms with Gasteiger partial charge in [0, 0.05) is 105 Å². The van der Waals surface area contributed by atoms with Crippen molar-refractivity contribution in [1.82, 2.24) is 35.6 Å².